The van der Waals surface area contributed by atoms with Crippen molar-refractivity contribution in [1.82, 2.24) is 14.5 Å². The normalized spacial score (nSPS) is 11.2. The van der Waals surface area contributed by atoms with Gasteiger partial charge in [-0.05, 0) is 29.7 Å². The van der Waals surface area contributed by atoms with Gasteiger partial charge in [0.1, 0.15) is 5.52 Å². The highest BCUT2D eigenvalue weighted by molar-refractivity contribution is 6.05. The van der Waals surface area contributed by atoms with E-state index in [1.165, 1.54) is 0 Å². The number of hydrogen-bond acceptors (Lipinski definition) is 4. The summed E-state index contributed by atoms with van der Waals surface area (Å²) >= 11 is 0. The largest absolute Gasteiger partial charge is 0.326 e. The summed E-state index contributed by atoms with van der Waals surface area (Å²) in [6, 6.07) is 9.25. The molecular weight excluding hydrogens is 302 g/mol. The molecule has 2 aromatic heterocycles. The summed E-state index contributed by atoms with van der Waals surface area (Å²) in [5.41, 5.74) is 9.31. The van der Waals surface area contributed by atoms with Gasteiger partial charge in [-0.25, -0.2) is 9.97 Å². The van der Waals surface area contributed by atoms with Crippen molar-refractivity contribution in [2.75, 3.05) is 5.32 Å². The molecule has 124 valence electrons. The summed E-state index contributed by atoms with van der Waals surface area (Å²) in [4.78, 5) is 21.2. The monoisotopic (exact) mass is 323 g/mol. The number of hydrogen-bond donors (Lipinski definition) is 2. The van der Waals surface area contributed by atoms with Gasteiger partial charge >= 0.3 is 0 Å². The molecule has 0 saturated heterocycles. The molecule has 0 radical (unpaired) electrons. The zero-order valence-electron chi connectivity index (χ0n) is 13.9. The molecule has 6 nitrogen and oxygen atoms in total. The van der Waals surface area contributed by atoms with Crippen LogP contribution >= 0.6 is 0 Å². The average molecular weight is 323 g/mol. The molecule has 24 heavy (non-hydrogen) atoms. The number of amides is 1. The predicted molar refractivity (Wildman–Crippen MR) is 94.7 cm³/mol. The van der Waals surface area contributed by atoms with Crippen LogP contribution in [0.4, 0.5) is 5.69 Å². The van der Waals surface area contributed by atoms with Crippen LogP contribution in [0.15, 0.2) is 42.9 Å². The van der Waals surface area contributed by atoms with Gasteiger partial charge in [0.25, 0.3) is 5.91 Å². The van der Waals surface area contributed by atoms with E-state index in [1.54, 1.807) is 18.6 Å². The van der Waals surface area contributed by atoms with E-state index in [2.05, 4.69) is 29.1 Å². The van der Waals surface area contributed by atoms with Crippen LogP contribution in [0.5, 0.6) is 0 Å². The van der Waals surface area contributed by atoms with Gasteiger partial charge < -0.3 is 15.6 Å². The standard InChI is InChI=1S/C18H21N5O/c1-12(2)10-23-11-21-16-7-14(9-20-17(16)23)18(24)22-15-5-3-4-13(6-15)8-19/h3-7,9,11-12H,8,10,19H2,1-2H3,(H,22,24). The maximum atomic E-state index is 12.4. The van der Waals surface area contributed by atoms with E-state index >= 15 is 0 Å². The zero-order chi connectivity index (χ0) is 17.1. The van der Waals surface area contributed by atoms with Gasteiger partial charge in [0.15, 0.2) is 5.65 Å². The Morgan fingerprint density at radius 1 is 1.29 bits per heavy atom. The Morgan fingerprint density at radius 2 is 2.12 bits per heavy atom. The number of aromatic nitrogens is 3. The summed E-state index contributed by atoms with van der Waals surface area (Å²) in [6.07, 6.45) is 3.35. The SMILES string of the molecule is CC(C)Cn1cnc2cc(C(=O)Nc3cccc(CN)c3)cnc21. The quantitative estimate of drug-likeness (QED) is 0.756. The van der Waals surface area contributed by atoms with Gasteiger partial charge in [-0.15, -0.1) is 0 Å². The molecule has 1 aromatic carbocycles. The Kier molecular flexibility index (Phi) is 4.57. The first-order valence-electron chi connectivity index (χ1n) is 7.98. The number of rotatable bonds is 5. The van der Waals surface area contributed by atoms with Gasteiger partial charge in [0.2, 0.25) is 0 Å². The van der Waals surface area contributed by atoms with E-state index in [4.69, 9.17) is 5.73 Å². The molecule has 0 fully saturated rings. The molecule has 0 aliphatic heterocycles. The van der Waals surface area contributed by atoms with E-state index in [1.807, 2.05) is 28.8 Å². The third-order valence-corrected chi connectivity index (χ3v) is 3.70. The summed E-state index contributed by atoms with van der Waals surface area (Å²) in [7, 11) is 0. The van der Waals surface area contributed by atoms with Crippen molar-refractivity contribution < 1.29 is 4.79 Å². The van der Waals surface area contributed by atoms with Crippen molar-refractivity contribution in [3.63, 3.8) is 0 Å². The summed E-state index contributed by atoms with van der Waals surface area (Å²) in [5, 5.41) is 2.87. The van der Waals surface area contributed by atoms with E-state index in [9.17, 15) is 4.79 Å². The number of nitrogens with two attached hydrogens (primary N) is 1. The first kappa shape index (κ1) is 16.1. The first-order valence-corrected chi connectivity index (χ1v) is 7.98. The number of anilines is 1. The van der Waals surface area contributed by atoms with Crippen LogP contribution in [0.2, 0.25) is 0 Å². The van der Waals surface area contributed by atoms with Crippen molar-refractivity contribution in [3.8, 4) is 0 Å². The second-order valence-electron chi connectivity index (χ2n) is 6.22. The summed E-state index contributed by atoms with van der Waals surface area (Å²) in [6.45, 7) is 5.57. The lowest BCUT2D eigenvalue weighted by molar-refractivity contribution is 0.102. The van der Waals surface area contributed by atoms with Crippen molar-refractivity contribution in [2.45, 2.75) is 26.9 Å². The Morgan fingerprint density at radius 3 is 2.88 bits per heavy atom. The number of fused-ring (bicyclic) bond motifs is 1. The molecule has 3 rings (SSSR count). The molecule has 0 bridgehead atoms. The van der Waals surface area contributed by atoms with Gasteiger partial charge in [0.05, 0.1) is 11.9 Å². The molecular formula is C18H21N5O. The molecule has 0 aliphatic rings. The smallest absolute Gasteiger partial charge is 0.257 e. The minimum Gasteiger partial charge on any atom is -0.326 e. The summed E-state index contributed by atoms with van der Waals surface area (Å²) in [5.74, 6) is 0.291. The highest BCUT2D eigenvalue weighted by atomic mass is 16.1. The Balaban J connectivity index is 1.82. The van der Waals surface area contributed by atoms with Gasteiger partial charge in [-0.3, -0.25) is 4.79 Å². The van der Waals surface area contributed by atoms with E-state index in [-0.39, 0.29) is 5.91 Å². The molecule has 6 heteroatoms. The fourth-order valence-electron chi connectivity index (χ4n) is 2.58. The number of carbonyl (C=O) groups excluding carboxylic acids is 1. The number of pyridine rings is 1. The lowest BCUT2D eigenvalue weighted by Gasteiger charge is -2.08. The van der Waals surface area contributed by atoms with Crippen molar-refractivity contribution in [3.05, 3.63) is 54.0 Å². The first-order chi connectivity index (χ1) is 11.6. The number of nitrogens with zero attached hydrogens (tertiary/aromatic N) is 3. The Hall–Kier alpha value is -2.73. The molecule has 1 amide bonds. The minimum absolute atomic E-state index is 0.211. The molecule has 0 spiro atoms. The minimum atomic E-state index is -0.211. The predicted octanol–water partition coefficient (Wildman–Crippen LogP) is 2.80. The maximum Gasteiger partial charge on any atom is 0.257 e. The lowest BCUT2D eigenvalue weighted by atomic mass is 10.2. The average Bonchev–Trinajstić information content (AvgIpc) is 2.96. The molecule has 3 aromatic rings. The third kappa shape index (κ3) is 3.44. The van der Waals surface area contributed by atoms with Crippen LogP contribution < -0.4 is 11.1 Å². The van der Waals surface area contributed by atoms with E-state index in [0.29, 0.717) is 23.7 Å². The summed E-state index contributed by atoms with van der Waals surface area (Å²) < 4.78 is 2.01. The van der Waals surface area contributed by atoms with Crippen LogP contribution in [0, 0.1) is 5.92 Å². The van der Waals surface area contributed by atoms with Gasteiger partial charge in [-0.2, -0.15) is 0 Å². The molecule has 0 atom stereocenters. The molecule has 0 saturated carbocycles. The number of nitrogens with one attached hydrogen (secondary N) is 1. The van der Waals surface area contributed by atoms with Crippen molar-refractivity contribution >= 4 is 22.8 Å². The Labute approximate surface area is 140 Å². The Bertz CT molecular complexity index is 869. The zero-order valence-corrected chi connectivity index (χ0v) is 13.9. The fourth-order valence-corrected chi connectivity index (χ4v) is 2.58. The maximum absolute atomic E-state index is 12.4. The topological polar surface area (TPSA) is 85.8 Å². The molecule has 0 unspecified atom stereocenters. The van der Waals surface area contributed by atoms with E-state index in [0.717, 1.165) is 23.3 Å². The van der Waals surface area contributed by atoms with Gasteiger partial charge in [-0.1, -0.05) is 26.0 Å². The van der Waals surface area contributed by atoms with E-state index < -0.39 is 0 Å². The third-order valence-electron chi connectivity index (χ3n) is 3.70. The molecule has 3 N–H and O–H groups in total. The molecule has 0 aliphatic carbocycles. The van der Waals surface area contributed by atoms with Crippen LogP contribution in [0.1, 0.15) is 29.8 Å². The van der Waals surface area contributed by atoms with Crippen molar-refractivity contribution in [1.29, 1.82) is 0 Å². The van der Waals surface area contributed by atoms with Crippen LogP contribution in [0.25, 0.3) is 11.2 Å². The molecule has 2 heterocycles. The second kappa shape index (κ2) is 6.80. The highest BCUT2D eigenvalue weighted by Crippen LogP contribution is 2.16. The van der Waals surface area contributed by atoms with Crippen molar-refractivity contribution in [2.24, 2.45) is 11.7 Å². The van der Waals surface area contributed by atoms with Crippen LogP contribution in [-0.4, -0.2) is 20.4 Å². The highest BCUT2D eigenvalue weighted by Gasteiger charge is 2.11. The van der Waals surface area contributed by atoms with Crippen LogP contribution in [0.3, 0.4) is 0 Å². The number of benzene rings is 1. The lowest BCUT2D eigenvalue weighted by Crippen LogP contribution is -2.13. The number of carbonyl (C=O) groups is 1. The van der Waals surface area contributed by atoms with Crippen LogP contribution in [-0.2, 0) is 13.1 Å². The number of imidazole rings is 1. The van der Waals surface area contributed by atoms with Gasteiger partial charge in [0, 0.05) is 25.0 Å². The second-order valence-corrected chi connectivity index (χ2v) is 6.22. The fraction of sp³-hybridized carbons (Fsp3) is 0.278.